The van der Waals surface area contributed by atoms with Crippen molar-refractivity contribution in [1.82, 2.24) is 4.90 Å². The van der Waals surface area contributed by atoms with Crippen LogP contribution in [0.5, 0.6) is 5.75 Å². The smallest absolute Gasteiger partial charge is 0.127 e. The molecule has 0 heterocycles. The standard InChI is InChI=1S/C14H18FNO/c1-5-6-16(10(2)3)11(4)12-7-13(15)9-14(17)8-12/h5-9,11,17H,2H2,1,3-4H3/b6-5-. The molecule has 1 unspecified atom stereocenters. The molecule has 1 atom stereocenters. The lowest BCUT2D eigenvalue weighted by Gasteiger charge is -2.28. The Hall–Kier alpha value is -1.77. The number of allylic oxidation sites excluding steroid dienone is 2. The highest BCUT2D eigenvalue weighted by molar-refractivity contribution is 5.31. The molecule has 0 bridgehead atoms. The third-order valence-electron chi connectivity index (χ3n) is 2.55. The Bertz CT molecular complexity index is 420. The molecule has 0 spiro atoms. The summed E-state index contributed by atoms with van der Waals surface area (Å²) in [5, 5.41) is 9.39. The maximum absolute atomic E-state index is 13.2. The maximum atomic E-state index is 13.2. The fourth-order valence-electron chi connectivity index (χ4n) is 1.75. The third-order valence-corrected chi connectivity index (χ3v) is 2.55. The summed E-state index contributed by atoms with van der Waals surface area (Å²) >= 11 is 0. The Morgan fingerprint density at radius 1 is 1.47 bits per heavy atom. The second kappa shape index (κ2) is 5.53. The third kappa shape index (κ3) is 3.34. The van der Waals surface area contributed by atoms with E-state index >= 15 is 0 Å². The highest BCUT2D eigenvalue weighted by atomic mass is 19.1. The van der Waals surface area contributed by atoms with Gasteiger partial charge in [-0.1, -0.05) is 12.7 Å². The van der Waals surface area contributed by atoms with Crippen LogP contribution in [0.15, 0.2) is 42.8 Å². The van der Waals surface area contributed by atoms with Crippen molar-refractivity contribution in [3.63, 3.8) is 0 Å². The van der Waals surface area contributed by atoms with Crippen LogP contribution in [0.3, 0.4) is 0 Å². The van der Waals surface area contributed by atoms with Gasteiger partial charge < -0.3 is 10.0 Å². The van der Waals surface area contributed by atoms with Gasteiger partial charge in [0.05, 0.1) is 6.04 Å². The monoisotopic (exact) mass is 235 g/mol. The number of phenolic OH excluding ortho intramolecular Hbond substituents is 1. The Labute approximate surface area is 102 Å². The van der Waals surface area contributed by atoms with Gasteiger partial charge in [-0.2, -0.15) is 0 Å². The van der Waals surface area contributed by atoms with Crippen LogP contribution >= 0.6 is 0 Å². The molecule has 0 amide bonds. The summed E-state index contributed by atoms with van der Waals surface area (Å²) in [6, 6.07) is 4.00. The van der Waals surface area contributed by atoms with E-state index in [1.165, 1.54) is 6.07 Å². The van der Waals surface area contributed by atoms with Crippen LogP contribution in [-0.2, 0) is 0 Å². The van der Waals surface area contributed by atoms with Crippen LogP contribution in [0.1, 0.15) is 32.4 Å². The second-order valence-electron chi connectivity index (χ2n) is 4.04. The van der Waals surface area contributed by atoms with Crippen LogP contribution in [0.25, 0.3) is 0 Å². The molecule has 3 heteroatoms. The zero-order chi connectivity index (χ0) is 13.0. The predicted molar refractivity (Wildman–Crippen MR) is 67.9 cm³/mol. The van der Waals surface area contributed by atoms with Gasteiger partial charge >= 0.3 is 0 Å². The SMILES string of the molecule is C=C(C)N(/C=C\C)C(C)c1cc(O)cc(F)c1. The van der Waals surface area contributed by atoms with E-state index in [2.05, 4.69) is 6.58 Å². The van der Waals surface area contributed by atoms with Gasteiger partial charge in [-0.15, -0.1) is 0 Å². The number of halogens is 1. The quantitative estimate of drug-likeness (QED) is 0.853. The largest absolute Gasteiger partial charge is 0.508 e. The molecule has 0 aliphatic heterocycles. The van der Waals surface area contributed by atoms with Crippen molar-refractivity contribution in [2.75, 3.05) is 0 Å². The molecule has 1 rings (SSSR count). The Morgan fingerprint density at radius 2 is 2.12 bits per heavy atom. The molecule has 0 fully saturated rings. The zero-order valence-electron chi connectivity index (χ0n) is 10.4. The first kappa shape index (κ1) is 13.3. The molecule has 2 nitrogen and oxygen atoms in total. The molecule has 0 aliphatic rings. The van der Waals surface area contributed by atoms with E-state index in [1.807, 2.05) is 37.9 Å². The summed E-state index contributed by atoms with van der Waals surface area (Å²) in [7, 11) is 0. The molecular formula is C14H18FNO. The average Bonchev–Trinajstić information content (AvgIpc) is 2.23. The zero-order valence-corrected chi connectivity index (χ0v) is 10.4. The van der Waals surface area contributed by atoms with Gasteiger partial charge in [0.1, 0.15) is 11.6 Å². The van der Waals surface area contributed by atoms with Crippen molar-refractivity contribution < 1.29 is 9.50 Å². The highest BCUT2D eigenvalue weighted by Gasteiger charge is 2.14. The van der Waals surface area contributed by atoms with Gasteiger partial charge in [0.2, 0.25) is 0 Å². The van der Waals surface area contributed by atoms with E-state index in [9.17, 15) is 9.50 Å². The van der Waals surface area contributed by atoms with Crippen molar-refractivity contribution in [2.45, 2.75) is 26.8 Å². The van der Waals surface area contributed by atoms with Gasteiger partial charge in [-0.05, 0) is 38.5 Å². The van der Waals surface area contributed by atoms with Gasteiger partial charge in [-0.25, -0.2) is 4.39 Å². The van der Waals surface area contributed by atoms with Crippen molar-refractivity contribution in [1.29, 1.82) is 0 Å². The summed E-state index contributed by atoms with van der Waals surface area (Å²) < 4.78 is 13.2. The lowest BCUT2D eigenvalue weighted by Crippen LogP contribution is -2.18. The van der Waals surface area contributed by atoms with Gasteiger partial charge in [0.15, 0.2) is 0 Å². The van der Waals surface area contributed by atoms with E-state index in [4.69, 9.17) is 0 Å². The molecule has 17 heavy (non-hydrogen) atoms. The fourth-order valence-corrected chi connectivity index (χ4v) is 1.75. The summed E-state index contributed by atoms with van der Waals surface area (Å²) in [6.45, 7) is 9.61. The summed E-state index contributed by atoms with van der Waals surface area (Å²) in [5.41, 5.74) is 1.57. The van der Waals surface area contributed by atoms with E-state index < -0.39 is 5.82 Å². The van der Waals surface area contributed by atoms with Gasteiger partial charge in [0, 0.05) is 18.0 Å². The minimum absolute atomic E-state index is 0.0611. The van der Waals surface area contributed by atoms with Crippen molar-refractivity contribution in [2.24, 2.45) is 0 Å². The van der Waals surface area contributed by atoms with Crippen molar-refractivity contribution in [3.05, 3.63) is 54.1 Å². The van der Waals surface area contributed by atoms with Crippen LogP contribution < -0.4 is 0 Å². The minimum atomic E-state index is -0.436. The van der Waals surface area contributed by atoms with Crippen molar-refractivity contribution >= 4 is 0 Å². The molecule has 0 saturated carbocycles. The van der Waals surface area contributed by atoms with Crippen molar-refractivity contribution in [3.8, 4) is 5.75 Å². The predicted octanol–water partition coefficient (Wildman–Crippen LogP) is 3.96. The highest BCUT2D eigenvalue weighted by Crippen LogP contribution is 2.27. The summed E-state index contributed by atoms with van der Waals surface area (Å²) in [5.74, 6) is -0.497. The molecule has 92 valence electrons. The Morgan fingerprint density at radius 3 is 2.59 bits per heavy atom. The molecular weight excluding hydrogens is 217 g/mol. The molecule has 0 radical (unpaired) electrons. The molecule has 0 saturated heterocycles. The normalized spacial score (nSPS) is 12.7. The second-order valence-corrected chi connectivity index (χ2v) is 4.04. The molecule has 1 aromatic rings. The van der Waals surface area contributed by atoms with Crippen LogP contribution in [0.4, 0.5) is 4.39 Å². The topological polar surface area (TPSA) is 23.5 Å². The summed E-state index contributed by atoms with van der Waals surface area (Å²) in [6.07, 6.45) is 3.78. The van der Waals surface area contributed by atoms with E-state index in [1.54, 1.807) is 6.07 Å². The molecule has 1 aromatic carbocycles. The number of phenols is 1. The van der Waals surface area contributed by atoms with E-state index in [0.717, 1.165) is 11.8 Å². The average molecular weight is 235 g/mol. The lowest BCUT2D eigenvalue weighted by atomic mass is 10.1. The number of hydrogen-bond donors (Lipinski definition) is 1. The molecule has 0 aromatic heterocycles. The van der Waals surface area contributed by atoms with E-state index in [0.29, 0.717) is 5.56 Å². The first-order chi connectivity index (χ1) is 7.95. The number of hydrogen-bond acceptors (Lipinski definition) is 2. The van der Waals surface area contributed by atoms with Crippen LogP contribution in [-0.4, -0.2) is 10.0 Å². The number of rotatable bonds is 4. The van der Waals surface area contributed by atoms with Gasteiger partial charge in [-0.3, -0.25) is 0 Å². The van der Waals surface area contributed by atoms with E-state index in [-0.39, 0.29) is 11.8 Å². The Balaban J connectivity index is 3.08. The fraction of sp³-hybridized carbons (Fsp3) is 0.286. The molecule has 1 N–H and O–H groups in total. The van der Waals surface area contributed by atoms with Crippen LogP contribution in [0.2, 0.25) is 0 Å². The lowest BCUT2D eigenvalue weighted by molar-refractivity contribution is 0.368. The number of benzene rings is 1. The maximum Gasteiger partial charge on any atom is 0.127 e. The van der Waals surface area contributed by atoms with Crippen LogP contribution in [0, 0.1) is 5.82 Å². The Kier molecular flexibility index (Phi) is 4.32. The first-order valence-corrected chi connectivity index (χ1v) is 5.51. The van der Waals surface area contributed by atoms with Gasteiger partial charge in [0.25, 0.3) is 0 Å². The minimum Gasteiger partial charge on any atom is -0.508 e. The number of nitrogens with zero attached hydrogens (tertiary/aromatic N) is 1. The molecule has 0 aliphatic carbocycles. The number of aromatic hydroxyl groups is 1. The summed E-state index contributed by atoms with van der Waals surface area (Å²) in [4.78, 5) is 1.92. The first-order valence-electron chi connectivity index (χ1n) is 5.51.